The summed E-state index contributed by atoms with van der Waals surface area (Å²) in [7, 11) is 0. The summed E-state index contributed by atoms with van der Waals surface area (Å²) in [5.74, 6) is 0.00599. The molecule has 0 aromatic rings. The molecule has 122 valence electrons. The summed E-state index contributed by atoms with van der Waals surface area (Å²) in [5, 5.41) is 0. The summed E-state index contributed by atoms with van der Waals surface area (Å²) in [4.78, 5) is 11.5. The Morgan fingerprint density at radius 1 is 0.667 bits per heavy atom. The molecule has 2 nitrogen and oxygen atoms in total. The van der Waals surface area contributed by atoms with Crippen LogP contribution < -0.4 is 0 Å². The number of ether oxygens (including phenoxy) is 1. The maximum absolute atomic E-state index is 11.5. The zero-order valence-electron chi connectivity index (χ0n) is 13.9. The molecule has 0 N–H and O–H groups in total. The van der Waals surface area contributed by atoms with Crippen LogP contribution in [0.2, 0.25) is 0 Å². The van der Waals surface area contributed by atoms with E-state index in [1.807, 2.05) is 0 Å². The molecule has 21 heavy (non-hydrogen) atoms. The van der Waals surface area contributed by atoms with Crippen LogP contribution in [0.5, 0.6) is 0 Å². The Kier molecular flexibility index (Phi) is 23.1. The average molecular weight is 308 g/mol. The number of hydrogen-bond donors (Lipinski definition) is 0. The molecule has 0 atom stereocenters. The number of unbranched alkanes of at least 4 members (excludes halogenated alkanes) is 11. The predicted molar refractivity (Wildman–Crippen MR) is 94.1 cm³/mol. The molecule has 0 fully saturated rings. The van der Waals surface area contributed by atoms with Gasteiger partial charge in [-0.05, 0) is 12.8 Å². The van der Waals surface area contributed by atoms with Gasteiger partial charge in [0.25, 0.3) is 0 Å². The topological polar surface area (TPSA) is 26.3 Å². The van der Waals surface area contributed by atoms with Gasteiger partial charge in [0.2, 0.25) is 0 Å². The van der Waals surface area contributed by atoms with Gasteiger partial charge in [0.1, 0.15) is 0 Å². The summed E-state index contributed by atoms with van der Waals surface area (Å²) in [6, 6.07) is 0. The van der Waals surface area contributed by atoms with Crippen molar-refractivity contribution < 1.29 is 9.53 Å². The molecular formula is C18H37NaO2. The maximum atomic E-state index is 11.5. The van der Waals surface area contributed by atoms with Crippen molar-refractivity contribution in [3.63, 3.8) is 0 Å². The molecule has 0 amide bonds. The molecular weight excluding hydrogens is 271 g/mol. The fraction of sp³-hybridized carbons (Fsp3) is 0.944. The van der Waals surface area contributed by atoms with Crippen molar-refractivity contribution in [1.29, 1.82) is 0 Å². The second-order valence-electron chi connectivity index (χ2n) is 5.86. The van der Waals surface area contributed by atoms with Crippen LogP contribution >= 0.6 is 0 Å². The van der Waals surface area contributed by atoms with Gasteiger partial charge in [0, 0.05) is 6.42 Å². The Balaban J connectivity index is 0. The van der Waals surface area contributed by atoms with E-state index in [9.17, 15) is 4.79 Å². The van der Waals surface area contributed by atoms with Gasteiger partial charge in [0.15, 0.2) is 0 Å². The van der Waals surface area contributed by atoms with Crippen molar-refractivity contribution >= 4 is 35.5 Å². The van der Waals surface area contributed by atoms with Gasteiger partial charge in [-0.2, -0.15) is 0 Å². The zero-order chi connectivity index (χ0) is 14.9. The molecule has 0 spiro atoms. The van der Waals surface area contributed by atoms with E-state index in [1.165, 1.54) is 70.6 Å². The Labute approximate surface area is 155 Å². The minimum absolute atomic E-state index is 0. The van der Waals surface area contributed by atoms with Gasteiger partial charge in [-0.1, -0.05) is 84.5 Å². The SMILES string of the molecule is CCCCCCCCCCC(=O)OCCCCCCC.[NaH]. The first kappa shape index (κ1) is 23.7. The fourth-order valence-electron chi connectivity index (χ4n) is 2.37. The second-order valence-corrected chi connectivity index (χ2v) is 5.86. The molecule has 0 heterocycles. The van der Waals surface area contributed by atoms with Crippen molar-refractivity contribution in [2.24, 2.45) is 0 Å². The van der Waals surface area contributed by atoms with E-state index in [0.717, 1.165) is 12.8 Å². The van der Waals surface area contributed by atoms with E-state index in [2.05, 4.69) is 13.8 Å². The third-order valence-corrected chi connectivity index (χ3v) is 3.75. The fourth-order valence-corrected chi connectivity index (χ4v) is 2.37. The van der Waals surface area contributed by atoms with Crippen LogP contribution in [0, 0.1) is 0 Å². The molecule has 3 heteroatoms. The monoisotopic (exact) mass is 308 g/mol. The zero-order valence-corrected chi connectivity index (χ0v) is 13.9. The molecule has 0 unspecified atom stereocenters. The van der Waals surface area contributed by atoms with Gasteiger partial charge in [-0.15, -0.1) is 0 Å². The first-order valence-corrected chi connectivity index (χ1v) is 8.96. The summed E-state index contributed by atoms with van der Waals surface area (Å²) in [5.41, 5.74) is 0. The molecule has 0 aromatic heterocycles. The molecule has 0 aliphatic heterocycles. The van der Waals surface area contributed by atoms with E-state index < -0.39 is 0 Å². The summed E-state index contributed by atoms with van der Waals surface area (Å²) in [6.07, 6.45) is 16.9. The number of rotatable bonds is 15. The van der Waals surface area contributed by atoms with Crippen molar-refractivity contribution in [3.8, 4) is 0 Å². The molecule has 0 aliphatic carbocycles. The van der Waals surface area contributed by atoms with Gasteiger partial charge < -0.3 is 4.74 Å². The standard InChI is InChI=1S/C18H36O2.Na.H/c1-3-5-7-9-10-11-12-14-16-18(19)20-17-15-13-8-6-4-2;;/h3-17H2,1-2H3;;. The van der Waals surface area contributed by atoms with Crippen LogP contribution in [-0.2, 0) is 9.53 Å². The predicted octanol–water partition coefficient (Wildman–Crippen LogP) is 5.38. The first-order chi connectivity index (χ1) is 9.81. The Morgan fingerprint density at radius 2 is 1.10 bits per heavy atom. The van der Waals surface area contributed by atoms with E-state index in [0.29, 0.717) is 13.0 Å². The Morgan fingerprint density at radius 3 is 1.62 bits per heavy atom. The minimum atomic E-state index is 0. The van der Waals surface area contributed by atoms with Crippen molar-refractivity contribution in [1.82, 2.24) is 0 Å². The third-order valence-electron chi connectivity index (χ3n) is 3.75. The van der Waals surface area contributed by atoms with Gasteiger partial charge in [0.05, 0.1) is 6.61 Å². The summed E-state index contributed by atoms with van der Waals surface area (Å²) in [6.45, 7) is 5.08. The van der Waals surface area contributed by atoms with E-state index in [1.54, 1.807) is 0 Å². The quantitative estimate of drug-likeness (QED) is 0.230. The van der Waals surface area contributed by atoms with Crippen LogP contribution in [-0.4, -0.2) is 42.1 Å². The third kappa shape index (κ3) is 20.5. The van der Waals surface area contributed by atoms with Gasteiger partial charge >= 0.3 is 35.5 Å². The summed E-state index contributed by atoms with van der Waals surface area (Å²) >= 11 is 0. The molecule has 0 bridgehead atoms. The Hall–Kier alpha value is 0.470. The number of hydrogen-bond acceptors (Lipinski definition) is 2. The second kappa shape index (κ2) is 20.5. The van der Waals surface area contributed by atoms with Crippen LogP contribution in [0.4, 0.5) is 0 Å². The molecule has 0 saturated heterocycles. The average Bonchev–Trinajstić information content (AvgIpc) is 2.45. The van der Waals surface area contributed by atoms with Crippen LogP contribution in [0.15, 0.2) is 0 Å². The number of esters is 1. The van der Waals surface area contributed by atoms with Gasteiger partial charge in [-0.25, -0.2) is 0 Å². The normalized spacial score (nSPS) is 10.2. The number of carbonyl (C=O) groups is 1. The first-order valence-electron chi connectivity index (χ1n) is 8.96. The van der Waals surface area contributed by atoms with Crippen molar-refractivity contribution in [2.75, 3.05) is 6.61 Å². The summed E-state index contributed by atoms with van der Waals surface area (Å²) < 4.78 is 5.24. The van der Waals surface area contributed by atoms with Crippen molar-refractivity contribution in [2.45, 2.75) is 104 Å². The molecule has 0 rings (SSSR count). The molecule has 0 radical (unpaired) electrons. The molecule has 0 aromatic carbocycles. The van der Waals surface area contributed by atoms with Crippen LogP contribution in [0.25, 0.3) is 0 Å². The van der Waals surface area contributed by atoms with E-state index >= 15 is 0 Å². The van der Waals surface area contributed by atoms with Crippen LogP contribution in [0.1, 0.15) is 104 Å². The van der Waals surface area contributed by atoms with E-state index in [4.69, 9.17) is 4.74 Å². The van der Waals surface area contributed by atoms with Gasteiger partial charge in [-0.3, -0.25) is 4.79 Å². The number of carbonyl (C=O) groups excluding carboxylic acids is 1. The van der Waals surface area contributed by atoms with Crippen molar-refractivity contribution in [3.05, 3.63) is 0 Å². The van der Waals surface area contributed by atoms with E-state index in [-0.39, 0.29) is 35.5 Å². The molecule has 0 aliphatic rings. The van der Waals surface area contributed by atoms with Crippen LogP contribution in [0.3, 0.4) is 0 Å². The Bertz CT molecular complexity index is 207. The molecule has 0 saturated carbocycles.